The van der Waals surface area contributed by atoms with Gasteiger partial charge in [0, 0.05) is 29.9 Å². The predicted octanol–water partition coefficient (Wildman–Crippen LogP) is 2.37. The maximum Gasteiger partial charge on any atom is 0.404 e. The number of hydrogen-bond donors (Lipinski definition) is 1. The van der Waals surface area contributed by atoms with Crippen molar-refractivity contribution in [1.82, 2.24) is 4.98 Å². The van der Waals surface area contributed by atoms with Gasteiger partial charge in [0.2, 0.25) is 0 Å². The lowest BCUT2D eigenvalue weighted by Crippen LogP contribution is -2.21. The molecule has 0 spiro atoms. The van der Waals surface area contributed by atoms with Gasteiger partial charge in [0.1, 0.15) is 19.0 Å². The fourth-order valence-corrected chi connectivity index (χ4v) is 2.35. The Morgan fingerprint density at radius 2 is 2.17 bits per heavy atom. The molecule has 0 saturated heterocycles. The first kappa shape index (κ1) is 15.8. The highest BCUT2D eigenvalue weighted by Crippen LogP contribution is 2.29. The van der Waals surface area contributed by atoms with E-state index in [0.29, 0.717) is 18.7 Å². The van der Waals surface area contributed by atoms with Gasteiger partial charge in [-0.1, -0.05) is 29.4 Å². The summed E-state index contributed by atoms with van der Waals surface area (Å²) in [5.74, 6) is 0.746. The van der Waals surface area contributed by atoms with Crippen molar-refractivity contribution < 1.29 is 19.1 Å². The summed E-state index contributed by atoms with van der Waals surface area (Å²) in [6.45, 7) is 0.374. The van der Waals surface area contributed by atoms with E-state index in [1.54, 1.807) is 12.4 Å². The summed E-state index contributed by atoms with van der Waals surface area (Å²) in [4.78, 5) is 20.0. The van der Waals surface area contributed by atoms with Crippen molar-refractivity contribution in [1.29, 1.82) is 0 Å². The molecule has 2 N–H and O–H groups in total. The number of amides is 1. The van der Waals surface area contributed by atoms with Gasteiger partial charge in [0.25, 0.3) is 0 Å². The Hall–Kier alpha value is -3.09. The molecule has 1 unspecified atom stereocenters. The second-order valence-corrected chi connectivity index (χ2v) is 5.25. The van der Waals surface area contributed by atoms with Crippen molar-refractivity contribution in [2.75, 3.05) is 13.2 Å². The molecule has 0 fully saturated rings. The number of para-hydroxylation sites is 1. The Labute approximate surface area is 139 Å². The standard InChI is InChI=1S/C17H17N3O4/c18-17(21)23-10-13-8-14(24-20-13)11-22-16-6-2-1-5-15(16)12-4-3-7-19-9-12/h1-7,9,14H,8,10-11H2,(H2,18,21). The summed E-state index contributed by atoms with van der Waals surface area (Å²) < 4.78 is 10.6. The molecule has 0 radical (unpaired) electrons. The minimum absolute atomic E-state index is 0.0398. The summed E-state index contributed by atoms with van der Waals surface area (Å²) >= 11 is 0. The van der Waals surface area contributed by atoms with Crippen LogP contribution >= 0.6 is 0 Å². The minimum Gasteiger partial charge on any atom is -0.489 e. The van der Waals surface area contributed by atoms with E-state index in [1.165, 1.54) is 0 Å². The smallest absolute Gasteiger partial charge is 0.404 e. The average molecular weight is 327 g/mol. The van der Waals surface area contributed by atoms with Crippen molar-refractivity contribution in [3.8, 4) is 16.9 Å². The largest absolute Gasteiger partial charge is 0.489 e. The zero-order chi connectivity index (χ0) is 16.8. The van der Waals surface area contributed by atoms with E-state index in [1.807, 2.05) is 36.4 Å². The van der Waals surface area contributed by atoms with Crippen molar-refractivity contribution in [3.05, 3.63) is 48.8 Å². The number of nitrogens with two attached hydrogens (primary N) is 1. The first-order valence-electron chi connectivity index (χ1n) is 7.48. The number of carbonyl (C=O) groups excluding carboxylic acids is 1. The van der Waals surface area contributed by atoms with Crippen molar-refractivity contribution >= 4 is 11.8 Å². The third-order valence-electron chi connectivity index (χ3n) is 3.46. The van der Waals surface area contributed by atoms with Gasteiger partial charge in [-0.25, -0.2) is 4.79 Å². The molecule has 1 atom stereocenters. The molecular weight excluding hydrogens is 310 g/mol. The molecule has 3 rings (SSSR count). The van der Waals surface area contributed by atoms with Crippen LogP contribution in [0, 0.1) is 0 Å². The van der Waals surface area contributed by atoms with Crippen LogP contribution in [-0.2, 0) is 9.57 Å². The Balaban J connectivity index is 1.58. The Kier molecular flexibility index (Phi) is 4.90. The molecule has 24 heavy (non-hydrogen) atoms. The number of primary amides is 1. The number of carbonyl (C=O) groups is 1. The van der Waals surface area contributed by atoms with Gasteiger partial charge in [0.05, 0.1) is 5.71 Å². The minimum atomic E-state index is -0.831. The number of aromatic nitrogens is 1. The fraction of sp³-hybridized carbons (Fsp3) is 0.235. The Morgan fingerprint density at radius 3 is 2.96 bits per heavy atom. The van der Waals surface area contributed by atoms with Crippen LogP contribution in [0.1, 0.15) is 6.42 Å². The van der Waals surface area contributed by atoms with Crippen LogP contribution < -0.4 is 10.5 Å². The van der Waals surface area contributed by atoms with Crippen LogP contribution in [0.4, 0.5) is 4.79 Å². The molecule has 1 aliphatic rings. The molecule has 0 saturated carbocycles. The molecule has 2 heterocycles. The molecule has 124 valence electrons. The van der Waals surface area contributed by atoms with Crippen LogP contribution in [-0.4, -0.2) is 36.1 Å². The molecule has 1 aromatic carbocycles. The van der Waals surface area contributed by atoms with Crippen LogP contribution in [0.15, 0.2) is 53.9 Å². The summed E-state index contributed by atoms with van der Waals surface area (Å²) in [7, 11) is 0. The van der Waals surface area contributed by atoms with E-state index < -0.39 is 6.09 Å². The number of oxime groups is 1. The zero-order valence-electron chi connectivity index (χ0n) is 12.9. The van der Waals surface area contributed by atoms with Gasteiger partial charge in [-0.2, -0.15) is 0 Å². The first-order valence-corrected chi connectivity index (χ1v) is 7.48. The highest BCUT2D eigenvalue weighted by Gasteiger charge is 2.23. The van der Waals surface area contributed by atoms with E-state index in [4.69, 9.17) is 20.0 Å². The molecule has 7 heteroatoms. The highest BCUT2D eigenvalue weighted by molar-refractivity contribution is 5.88. The Morgan fingerprint density at radius 1 is 1.29 bits per heavy atom. The maximum atomic E-state index is 10.6. The van der Waals surface area contributed by atoms with Gasteiger partial charge in [-0.3, -0.25) is 4.98 Å². The van der Waals surface area contributed by atoms with Gasteiger partial charge in [-0.15, -0.1) is 0 Å². The molecule has 1 aliphatic heterocycles. The van der Waals surface area contributed by atoms with Crippen LogP contribution in [0.25, 0.3) is 11.1 Å². The molecule has 0 bridgehead atoms. The lowest BCUT2D eigenvalue weighted by atomic mass is 10.1. The molecule has 7 nitrogen and oxygen atoms in total. The maximum absolute atomic E-state index is 10.6. The monoisotopic (exact) mass is 327 g/mol. The van der Waals surface area contributed by atoms with Crippen LogP contribution in [0.2, 0.25) is 0 Å². The van der Waals surface area contributed by atoms with E-state index in [9.17, 15) is 4.79 Å². The third kappa shape index (κ3) is 4.01. The summed E-state index contributed by atoms with van der Waals surface area (Å²) in [5.41, 5.74) is 7.49. The topological polar surface area (TPSA) is 96.0 Å². The molecular formula is C17H17N3O4. The van der Waals surface area contributed by atoms with E-state index in [-0.39, 0.29) is 12.7 Å². The van der Waals surface area contributed by atoms with Crippen LogP contribution in [0.5, 0.6) is 5.75 Å². The number of nitrogens with zero attached hydrogens (tertiary/aromatic N) is 2. The number of rotatable bonds is 6. The van der Waals surface area contributed by atoms with Gasteiger partial charge in [0.15, 0.2) is 6.10 Å². The molecule has 2 aromatic rings. The van der Waals surface area contributed by atoms with Crippen molar-refractivity contribution in [3.63, 3.8) is 0 Å². The SMILES string of the molecule is NC(=O)OCC1=NOC(COc2ccccc2-c2cccnc2)C1. The van der Waals surface area contributed by atoms with E-state index >= 15 is 0 Å². The first-order chi connectivity index (χ1) is 11.7. The zero-order valence-corrected chi connectivity index (χ0v) is 12.9. The molecule has 0 aliphatic carbocycles. The number of ether oxygens (including phenoxy) is 2. The van der Waals surface area contributed by atoms with Gasteiger partial charge in [-0.05, 0) is 12.1 Å². The van der Waals surface area contributed by atoms with Gasteiger partial charge >= 0.3 is 6.09 Å². The van der Waals surface area contributed by atoms with E-state index in [2.05, 4.69) is 10.1 Å². The average Bonchev–Trinajstić information content (AvgIpc) is 3.07. The fourth-order valence-electron chi connectivity index (χ4n) is 2.35. The van der Waals surface area contributed by atoms with Crippen LogP contribution in [0.3, 0.4) is 0 Å². The van der Waals surface area contributed by atoms with Gasteiger partial charge < -0.3 is 20.0 Å². The molecule has 1 aromatic heterocycles. The quantitative estimate of drug-likeness (QED) is 0.878. The number of benzene rings is 1. The summed E-state index contributed by atoms with van der Waals surface area (Å²) in [6.07, 6.45) is 2.99. The third-order valence-corrected chi connectivity index (χ3v) is 3.46. The number of pyridine rings is 1. The number of hydrogen-bond acceptors (Lipinski definition) is 6. The second kappa shape index (κ2) is 7.45. The second-order valence-electron chi connectivity index (χ2n) is 5.25. The van der Waals surface area contributed by atoms with Crippen molar-refractivity contribution in [2.45, 2.75) is 12.5 Å². The summed E-state index contributed by atoms with van der Waals surface area (Å²) in [5, 5.41) is 3.88. The van der Waals surface area contributed by atoms with Crippen molar-refractivity contribution in [2.24, 2.45) is 10.9 Å². The lowest BCUT2D eigenvalue weighted by molar-refractivity contribution is 0.0472. The highest BCUT2D eigenvalue weighted by atomic mass is 16.7. The molecule has 1 amide bonds. The summed E-state index contributed by atoms with van der Waals surface area (Å²) in [6, 6.07) is 11.6. The lowest BCUT2D eigenvalue weighted by Gasteiger charge is -2.14. The Bertz CT molecular complexity index is 734. The normalized spacial score (nSPS) is 16.2. The van der Waals surface area contributed by atoms with E-state index in [0.717, 1.165) is 16.9 Å². The predicted molar refractivity (Wildman–Crippen MR) is 87.6 cm³/mol.